The van der Waals surface area contributed by atoms with E-state index in [1.54, 1.807) is 0 Å². The number of rotatable bonds is 4. The minimum atomic E-state index is 0.223. The molecule has 0 saturated carbocycles. The lowest BCUT2D eigenvalue weighted by Crippen LogP contribution is -2.56. The van der Waals surface area contributed by atoms with Crippen molar-refractivity contribution in [3.63, 3.8) is 0 Å². The summed E-state index contributed by atoms with van der Waals surface area (Å²) in [5.41, 5.74) is 0.223. The van der Waals surface area contributed by atoms with Gasteiger partial charge < -0.3 is 10.1 Å². The first-order valence-corrected chi connectivity index (χ1v) is 10.0. The molecule has 122 valence electrons. The lowest BCUT2D eigenvalue weighted by Gasteiger charge is -2.47. The van der Waals surface area contributed by atoms with Crippen LogP contribution in [0.15, 0.2) is 0 Å². The highest BCUT2D eigenvalue weighted by molar-refractivity contribution is 7.99. The van der Waals surface area contributed by atoms with E-state index in [1.807, 2.05) is 0 Å². The summed E-state index contributed by atoms with van der Waals surface area (Å²) in [6.07, 6.45) is 7.96. The predicted octanol–water partition coefficient (Wildman–Crippen LogP) is 2.89. The van der Waals surface area contributed by atoms with Crippen molar-refractivity contribution < 1.29 is 4.74 Å². The van der Waals surface area contributed by atoms with Gasteiger partial charge in [0.25, 0.3) is 0 Å². The summed E-state index contributed by atoms with van der Waals surface area (Å²) in [6.45, 7) is 7.96. The van der Waals surface area contributed by atoms with E-state index in [0.717, 1.165) is 25.2 Å². The molecule has 21 heavy (non-hydrogen) atoms. The third-order valence-corrected chi connectivity index (χ3v) is 6.66. The lowest BCUT2D eigenvalue weighted by molar-refractivity contribution is -0.0984. The van der Waals surface area contributed by atoms with E-state index in [-0.39, 0.29) is 5.60 Å². The van der Waals surface area contributed by atoms with E-state index in [0.29, 0.717) is 6.04 Å². The van der Waals surface area contributed by atoms with Crippen LogP contribution in [0.2, 0.25) is 0 Å². The van der Waals surface area contributed by atoms with Gasteiger partial charge in [-0.05, 0) is 44.4 Å². The maximum Gasteiger partial charge on any atom is 0.0795 e. The Labute approximate surface area is 134 Å². The molecular formula is C17H32N2OS. The molecule has 3 aliphatic heterocycles. The molecule has 3 fully saturated rings. The second-order valence-corrected chi connectivity index (χ2v) is 8.54. The van der Waals surface area contributed by atoms with Gasteiger partial charge in [0.2, 0.25) is 0 Å². The number of ether oxygens (including phenoxy) is 1. The van der Waals surface area contributed by atoms with Crippen molar-refractivity contribution in [3.8, 4) is 0 Å². The smallest absolute Gasteiger partial charge is 0.0795 e. The molecule has 0 amide bonds. The van der Waals surface area contributed by atoms with Gasteiger partial charge in [0.05, 0.1) is 5.60 Å². The van der Waals surface area contributed by atoms with Crippen molar-refractivity contribution in [3.05, 3.63) is 0 Å². The Morgan fingerprint density at radius 2 is 2.24 bits per heavy atom. The molecule has 1 N–H and O–H groups in total. The van der Waals surface area contributed by atoms with Crippen LogP contribution in [-0.2, 0) is 4.74 Å². The van der Waals surface area contributed by atoms with Crippen LogP contribution in [0.5, 0.6) is 0 Å². The quantitative estimate of drug-likeness (QED) is 0.863. The molecule has 0 bridgehead atoms. The molecule has 3 heterocycles. The standard InChI is InChI=1S/C17H32N2OS/c1-14(2)18-12-16-5-3-4-8-19(16)15-6-9-20-17(11-15)7-10-21-13-17/h14-16,18H,3-13H2,1-2H3. The number of likely N-dealkylation sites (tertiary alicyclic amines) is 1. The molecule has 0 aromatic heterocycles. The molecule has 1 spiro atoms. The zero-order valence-corrected chi connectivity index (χ0v) is 14.6. The highest BCUT2D eigenvalue weighted by Crippen LogP contribution is 2.40. The maximum absolute atomic E-state index is 6.22. The number of nitrogens with zero attached hydrogens (tertiary/aromatic N) is 1. The number of piperidine rings is 1. The Bertz CT molecular complexity index is 331. The predicted molar refractivity (Wildman–Crippen MR) is 91.1 cm³/mol. The fourth-order valence-corrected chi connectivity index (χ4v) is 5.62. The minimum Gasteiger partial charge on any atom is -0.374 e. The van der Waals surface area contributed by atoms with Crippen LogP contribution in [0.3, 0.4) is 0 Å². The molecule has 0 aromatic carbocycles. The van der Waals surface area contributed by atoms with Crippen molar-refractivity contribution >= 4 is 11.8 Å². The van der Waals surface area contributed by atoms with E-state index in [1.165, 1.54) is 56.6 Å². The summed E-state index contributed by atoms with van der Waals surface area (Å²) in [6, 6.07) is 2.10. The Morgan fingerprint density at radius 1 is 1.33 bits per heavy atom. The van der Waals surface area contributed by atoms with Crippen LogP contribution in [0.1, 0.15) is 52.4 Å². The van der Waals surface area contributed by atoms with E-state index in [4.69, 9.17) is 4.74 Å². The number of nitrogens with one attached hydrogen (secondary N) is 1. The van der Waals surface area contributed by atoms with Crippen LogP contribution in [-0.4, -0.2) is 59.8 Å². The molecule has 0 aliphatic carbocycles. The summed E-state index contributed by atoms with van der Waals surface area (Å²) in [5.74, 6) is 2.53. The molecule has 3 unspecified atom stereocenters. The molecule has 3 rings (SSSR count). The summed E-state index contributed by atoms with van der Waals surface area (Å²) in [7, 11) is 0. The Balaban J connectivity index is 1.62. The fraction of sp³-hybridized carbons (Fsp3) is 1.00. The van der Waals surface area contributed by atoms with Crippen molar-refractivity contribution in [1.82, 2.24) is 10.2 Å². The first-order chi connectivity index (χ1) is 10.2. The van der Waals surface area contributed by atoms with Crippen LogP contribution >= 0.6 is 11.8 Å². The molecule has 0 radical (unpaired) electrons. The molecule has 0 aromatic rings. The number of hydrogen-bond donors (Lipinski definition) is 1. The van der Waals surface area contributed by atoms with Crippen LogP contribution < -0.4 is 5.32 Å². The SMILES string of the molecule is CC(C)NCC1CCCCN1C1CCOC2(CCSC2)C1. The second-order valence-electron chi connectivity index (χ2n) is 7.43. The van der Waals surface area contributed by atoms with Gasteiger partial charge in [0.15, 0.2) is 0 Å². The van der Waals surface area contributed by atoms with Crippen molar-refractivity contribution in [1.29, 1.82) is 0 Å². The third kappa shape index (κ3) is 3.95. The molecule has 3 aliphatic rings. The summed E-state index contributed by atoms with van der Waals surface area (Å²) >= 11 is 2.09. The fourth-order valence-electron chi connectivity index (χ4n) is 4.24. The third-order valence-electron chi connectivity index (χ3n) is 5.44. The Kier molecular flexibility index (Phi) is 5.52. The summed E-state index contributed by atoms with van der Waals surface area (Å²) < 4.78 is 6.22. The normalized spacial score (nSPS) is 38.4. The molecule has 3 saturated heterocycles. The summed E-state index contributed by atoms with van der Waals surface area (Å²) in [4.78, 5) is 2.84. The van der Waals surface area contributed by atoms with Gasteiger partial charge in [-0.2, -0.15) is 11.8 Å². The highest BCUT2D eigenvalue weighted by Gasteiger charge is 2.43. The van der Waals surface area contributed by atoms with E-state index < -0.39 is 0 Å². The van der Waals surface area contributed by atoms with Crippen LogP contribution in [0.25, 0.3) is 0 Å². The monoisotopic (exact) mass is 312 g/mol. The van der Waals surface area contributed by atoms with Crippen molar-refractivity contribution in [2.75, 3.05) is 31.2 Å². The van der Waals surface area contributed by atoms with E-state index >= 15 is 0 Å². The van der Waals surface area contributed by atoms with Crippen LogP contribution in [0, 0.1) is 0 Å². The summed E-state index contributed by atoms with van der Waals surface area (Å²) in [5, 5.41) is 3.67. The highest BCUT2D eigenvalue weighted by atomic mass is 32.2. The van der Waals surface area contributed by atoms with Gasteiger partial charge in [0.1, 0.15) is 0 Å². The van der Waals surface area contributed by atoms with Crippen LogP contribution in [0.4, 0.5) is 0 Å². The topological polar surface area (TPSA) is 24.5 Å². The van der Waals surface area contributed by atoms with Crippen molar-refractivity contribution in [2.45, 2.75) is 76.1 Å². The van der Waals surface area contributed by atoms with Crippen molar-refractivity contribution in [2.24, 2.45) is 0 Å². The zero-order valence-electron chi connectivity index (χ0n) is 13.8. The average Bonchev–Trinajstić information content (AvgIpc) is 2.93. The van der Waals surface area contributed by atoms with Gasteiger partial charge in [-0.3, -0.25) is 4.90 Å². The molecule has 3 nitrogen and oxygen atoms in total. The average molecular weight is 313 g/mol. The van der Waals surface area contributed by atoms with E-state index in [9.17, 15) is 0 Å². The minimum absolute atomic E-state index is 0.223. The lowest BCUT2D eigenvalue weighted by atomic mass is 9.87. The first kappa shape index (κ1) is 16.1. The Hall–Kier alpha value is 0.230. The zero-order chi connectivity index (χ0) is 14.7. The maximum atomic E-state index is 6.22. The van der Waals surface area contributed by atoms with Gasteiger partial charge in [-0.25, -0.2) is 0 Å². The molecule has 4 heteroatoms. The number of hydrogen-bond acceptors (Lipinski definition) is 4. The van der Waals surface area contributed by atoms with Gasteiger partial charge in [-0.15, -0.1) is 0 Å². The van der Waals surface area contributed by atoms with Gasteiger partial charge in [0, 0.05) is 37.0 Å². The Morgan fingerprint density at radius 3 is 3.00 bits per heavy atom. The molecule has 3 atom stereocenters. The van der Waals surface area contributed by atoms with Gasteiger partial charge >= 0.3 is 0 Å². The first-order valence-electron chi connectivity index (χ1n) is 8.89. The van der Waals surface area contributed by atoms with E-state index in [2.05, 4.69) is 35.8 Å². The molecular weight excluding hydrogens is 280 g/mol. The largest absolute Gasteiger partial charge is 0.374 e. The number of thioether (sulfide) groups is 1. The second kappa shape index (κ2) is 7.20. The van der Waals surface area contributed by atoms with Gasteiger partial charge in [-0.1, -0.05) is 20.3 Å².